The number of nitrogens with zero attached hydrogens (tertiary/aromatic N) is 8. The number of amides is 2. The highest BCUT2D eigenvalue weighted by Crippen LogP contribution is 2.29. The summed E-state index contributed by atoms with van der Waals surface area (Å²) in [6.45, 7) is 7.87. The van der Waals surface area contributed by atoms with Gasteiger partial charge in [0.25, 0.3) is 0 Å². The third-order valence-electron chi connectivity index (χ3n) is 6.55. The van der Waals surface area contributed by atoms with Gasteiger partial charge in [0.2, 0.25) is 0 Å². The van der Waals surface area contributed by atoms with Crippen LogP contribution in [-0.4, -0.2) is 80.2 Å². The maximum atomic E-state index is 12.1. The second kappa shape index (κ2) is 9.87. The first kappa shape index (κ1) is 23.8. The minimum absolute atomic E-state index is 0.0404. The summed E-state index contributed by atoms with van der Waals surface area (Å²) in [5.41, 5.74) is 4.86. The number of carbonyl (C=O) groups excluding carboxylic acids is 1. The standard InChI is InChI=1S/C25H36N8O/c1-7-10-23-24(19-12-27-32(14-19)20(8-2)9-3)28-22(17-30(23)6)18-11-26-33(13-18)21-15-31(16-21)25(34)29(4)5/h10-14,17,20-21H,7-9,15-16H2,1-6H3/b23-10-. The van der Waals surface area contributed by atoms with Crippen molar-refractivity contribution in [2.45, 2.75) is 52.1 Å². The average molecular weight is 465 g/mol. The Morgan fingerprint density at radius 1 is 1.12 bits per heavy atom. The number of aromatic nitrogens is 4. The van der Waals surface area contributed by atoms with Crippen LogP contribution in [0.5, 0.6) is 0 Å². The van der Waals surface area contributed by atoms with Gasteiger partial charge in [-0.2, -0.15) is 10.2 Å². The highest BCUT2D eigenvalue weighted by Gasteiger charge is 2.33. The van der Waals surface area contributed by atoms with Crippen molar-refractivity contribution in [1.29, 1.82) is 0 Å². The Morgan fingerprint density at radius 3 is 2.47 bits per heavy atom. The lowest BCUT2D eigenvalue weighted by molar-refractivity contribution is 0.100. The second-order valence-electron chi connectivity index (χ2n) is 9.21. The lowest BCUT2D eigenvalue weighted by Gasteiger charge is -2.40. The van der Waals surface area contributed by atoms with Crippen LogP contribution < -0.4 is 0 Å². The summed E-state index contributed by atoms with van der Waals surface area (Å²) in [5.74, 6) is 0. The van der Waals surface area contributed by atoms with E-state index >= 15 is 0 Å². The molecular formula is C25H36N8O. The van der Waals surface area contributed by atoms with Crippen molar-refractivity contribution in [3.05, 3.63) is 53.9 Å². The molecule has 0 unspecified atom stereocenters. The molecule has 182 valence electrons. The molecule has 2 aromatic rings. The number of hydrogen-bond donors (Lipinski definition) is 0. The van der Waals surface area contributed by atoms with Crippen molar-refractivity contribution in [1.82, 2.24) is 34.3 Å². The fourth-order valence-electron chi connectivity index (χ4n) is 4.47. The van der Waals surface area contributed by atoms with Crippen LogP contribution in [-0.2, 0) is 0 Å². The first-order valence-corrected chi connectivity index (χ1v) is 12.1. The summed E-state index contributed by atoms with van der Waals surface area (Å²) in [5, 5.41) is 9.23. The molecule has 4 rings (SSSR count). The van der Waals surface area contributed by atoms with Gasteiger partial charge in [0.1, 0.15) is 0 Å². The van der Waals surface area contributed by atoms with E-state index in [2.05, 4.69) is 66.1 Å². The molecule has 0 radical (unpaired) electrons. The SMILES string of the molecule is CC/C=C1/C(c2cnn(C(CC)CC)c2)=NC(c2cnn(C3CN(C(=O)N(C)C)C3)c2)=CN1C. The molecule has 0 aromatic carbocycles. The van der Waals surface area contributed by atoms with Crippen LogP contribution in [0.25, 0.3) is 5.70 Å². The highest BCUT2D eigenvalue weighted by molar-refractivity contribution is 6.15. The van der Waals surface area contributed by atoms with Crippen molar-refractivity contribution >= 4 is 17.4 Å². The smallest absolute Gasteiger partial charge is 0.319 e. The van der Waals surface area contributed by atoms with Gasteiger partial charge in [-0.15, -0.1) is 0 Å². The van der Waals surface area contributed by atoms with E-state index in [9.17, 15) is 4.79 Å². The van der Waals surface area contributed by atoms with Gasteiger partial charge >= 0.3 is 6.03 Å². The molecule has 0 aliphatic carbocycles. The number of likely N-dealkylation sites (tertiary alicyclic amines) is 1. The van der Waals surface area contributed by atoms with Crippen molar-refractivity contribution in [3.8, 4) is 0 Å². The van der Waals surface area contributed by atoms with Crippen molar-refractivity contribution in [2.75, 3.05) is 34.2 Å². The molecule has 1 fully saturated rings. The summed E-state index contributed by atoms with van der Waals surface area (Å²) >= 11 is 0. The molecule has 34 heavy (non-hydrogen) atoms. The number of aliphatic imine (C=N–C) groups is 1. The topological polar surface area (TPSA) is 74.8 Å². The normalized spacial score (nSPS) is 17.8. The molecule has 2 aliphatic rings. The van der Waals surface area contributed by atoms with E-state index in [-0.39, 0.29) is 12.1 Å². The number of allylic oxidation sites excluding steroid dienone is 2. The van der Waals surface area contributed by atoms with Gasteiger partial charge in [-0.1, -0.05) is 26.8 Å². The van der Waals surface area contributed by atoms with Crippen LogP contribution in [0.3, 0.4) is 0 Å². The molecule has 2 aliphatic heterocycles. The zero-order chi connectivity index (χ0) is 24.4. The maximum Gasteiger partial charge on any atom is 0.319 e. The number of carbonyl (C=O) groups is 1. The summed E-state index contributed by atoms with van der Waals surface area (Å²) in [6.07, 6.45) is 15.2. The van der Waals surface area contributed by atoms with Crippen LogP contribution >= 0.6 is 0 Å². The van der Waals surface area contributed by atoms with Crippen LogP contribution in [0.1, 0.15) is 63.2 Å². The number of likely N-dealkylation sites (N-methyl/N-ethyl adjacent to an activating group) is 1. The predicted molar refractivity (Wildman–Crippen MR) is 134 cm³/mol. The fraction of sp³-hybridized carbons (Fsp3) is 0.520. The van der Waals surface area contributed by atoms with Gasteiger partial charge < -0.3 is 14.7 Å². The maximum absolute atomic E-state index is 12.1. The van der Waals surface area contributed by atoms with Crippen LogP contribution in [0.4, 0.5) is 4.79 Å². The lowest BCUT2D eigenvalue weighted by atomic mass is 10.1. The molecule has 0 N–H and O–H groups in total. The lowest BCUT2D eigenvalue weighted by Crippen LogP contribution is -2.53. The van der Waals surface area contributed by atoms with Gasteiger partial charge in [-0.05, 0) is 19.3 Å². The summed E-state index contributed by atoms with van der Waals surface area (Å²) in [7, 11) is 5.61. The molecule has 4 heterocycles. The van der Waals surface area contributed by atoms with E-state index in [4.69, 9.17) is 4.99 Å². The van der Waals surface area contributed by atoms with Crippen LogP contribution in [0.2, 0.25) is 0 Å². The zero-order valence-corrected chi connectivity index (χ0v) is 21.1. The van der Waals surface area contributed by atoms with Crippen molar-refractivity contribution in [3.63, 3.8) is 0 Å². The van der Waals surface area contributed by atoms with Crippen molar-refractivity contribution in [2.24, 2.45) is 4.99 Å². The average Bonchev–Trinajstić information content (AvgIpc) is 3.45. The minimum atomic E-state index is 0.0404. The third kappa shape index (κ3) is 4.51. The van der Waals surface area contributed by atoms with E-state index in [0.717, 1.165) is 47.5 Å². The predicted octanol–water partition coefficient (Wildman–Crippen LogP) is 4.01. The highest BCUT2D eigenvalue weighted by atomic mass is 16.2. The van der Waals surface area contributed by atoms with E-state index in [1.807, 2.05) is 28.2 Å². The van der Waals surface area contributed by atoms with E-state index < -0.39 is 0 Å². The second-order valence-corrected chi connectivity index (χ2v) is 9.21. The molecule has 9 heteroatoms. The van der Waals surface area contributed by atoms with Crippen LogP contribution in [0.15, 0.2) is 47.8 Å². The summed E-state index contributed by atoms with van der Waals surface area (Å²) < 4.78 is 4.02. The summed E-state index contributed by atoms with van der Waals surface area (Å²) in [4.78, 5) is 22.7. The Morgan fingerprint density at radius 2 is 1.82 bits per heavy atom. The number of rotatable bonds is 7. The van der Waals surface area contributed by atoms with E-state index in [1.165, 1.54) is 0 Å². The molecular weight excluding hydrogens is 428 g/mol. The third-order valence-corrected chi connectivity index (χ3v) is 6.55. The molecule has 0 saturated carbocycles. The Balaban J connectivity index is 1.59. The Bertz CT molecular complexity index is 1110. The molecule has 1 saturated heterocycles. The largest absolute Gasteiger partial charge is 0.347 e. The van der Waals surface area contributed by atoms with E-state index in [0.29, 0.717) is 19.1 Å². The molecule has 2 aromatic heterocycles. The number of urea groups is 1. The number of hydrogen-bond acceptors (Lipinski definition) is 5. The molecule has 0 atom stereocenters. The van der Waals surface area contributed by atoms with Crippen LogP contribution in [0, 0.1) is 0 Å². The molecule has 0 spiro atoms. The monoisotopic (exact) mass is 464 g/mol. The molecule has 9 nitrogen and oxygen atoms in total. The van der Waals surface area contributed by atoms with Gasteiger partial charge in [-0.25, -0.2) is 9.79 Å². The zero-order valence-electron chi connectivity index (χ0n) is 21.1. The first-order chi connectivity index (χ1) is 16.4. The fourth-order valence-corrected chi connectivity index (χ4v) is 4.47. The molecule has 2 amide bonds. The van der Waals surface area contributed by atoms with Gasteiger partial charge in [0.15, 0.2) is 0 Å². The van der Waals surface area contributed by atoms with Crippen molar-refractivity contribution < 1.29 is 4.79 Å². The Labute approximate surface area is 202 Å². The van der Waals surface area contributed by atoms with Gasteiger partial charge in [0.05, 0.1) is 41.6 Å². The van der Waals surface area contributed by atoms with Gasteiger partial charge in [0, 0.05) is 64.0 Å². The summed E-state index contributed by atoms with van der Waals surface area (Å²) in [6, 6.07) is 0.624. The van der Waals surface area contributed by atoms with Gasteiger partial charge in [-0.3, -0.25) is 9.36 Å². The van der Waals surface area contributed by atoms with E-state index in [1.54, 1.807) is 19.0 Å². The molecule has 0 bridgehead atoms. The minimum Gasteiger partial charge on any atom is -0.347 e. The quantitative estimate of drug-likeness (QED) is 0.621. The Hall–Kier alpha value is -3.36. The Kier molecular flexibility index (Phi) is 6.90. The first-order valence-electron chi connectivity index (χ1n) is 12.1.